The van der Waals surface area contributed by atoms with Crippen LogP contribution in [0.4, 0.5) is 13.6 Å². The number of carbonyl (C=O) groups excluding carboxylic acids is 1. The molecule has 1 aliphatic carbocycles. The molecule has 2 fully saturated rings. The van der Waals surface area contributed by atoms with Gasteiger partial charge in [0.2, 0.25) is 5.92 Å². The second-order valence-electron chi connectivity index (χ2n) is 13.1. The predicted molar refractivity (Wildman–Crippen MR) is 144 cm³/mol. The van der Waals surface area contributed by atoms with Gasteiger partial charge in [0.05, 0.1) is 11.0 Å². The Morgan fingerprint density at radius 3 is 2.18 bits per heavy atom. The Balaban J connectivity index is 1.53. The topological polar surface area (TPSA) is 78.7 Å². The molecule has 1 aromatic carbocycles. The Bertz CT molecular complexity index is 1180. The molecule has 0 radical (unpaired) electrons. The number of likely N-dealkylation sites (tertiary alicyclic amines) is 1. The van der Waals surface area contributed by atoms with Gasteiger partial charge in [-0.2, -0.15) is 0 Å². The minimum absolute atomic E-state index is 0.0650. The lowest BCUT2D eigenvalue weighted by atomic mass is 9.86. The van der Waals surface area contributed by atoms with E-state index < -0.39 is 17.6 Å². The molecule has 1 aliphatic heterocycles. The number of aromatic nitrogens is 2. The van der Waals surface area contributed by atoms with Crippen LogP contribution in [0, 0.1) is 5.92 Å². The fourth-order valence-corrected chi connectivity index (χ4v) is 6.06. The maximum absolute atomic E-state index is 13.7. The molecule has 2 aromatic rings. The zero-order valence-electron chi connectivity index (χ0n) is 23.6. The molecule has 1 saturated carbocycles. The number of piperidine rings is 1. The summed E-state index contributed by atoms with van der Waals surface area (Å²) in [6.07, 6.45) is 1.13. The van der Waals surface area contributed by atoms with Gasteiger partial charge < -0.3 is 19.5 Å². The zero-order chi connectivity index (χ0) is 28.0. The quantitative estimate of drug-likeness (QED) is 0.485. The van der Waals surface area contributed by atoms with Crippen LogP contribution in [0.2, 0.25) is 0 Å². The molecule has 1 aromatic heterocycles. The van der Waals surface area contributed by atoms with Crippen molar-refractivity contribution in [2.24, 2.45) is 5.92 Å². The summed E-state index contributed by atoms with van der Waals surface area (Å²) in [5.74, 6) is -1.56. The first-order valence-corrected chi connectivity index (χ1v) is 13.8. The molecule has 210 valence electrons. The van der Waals surface area contributed by atoms with Crippen LogP contribution in [0.15, 0.2) is 18.2 Å². The molecule has 4 rings (SSSR count). The smallest absolute Gasteiger partial charge is 0.407 e. The third-order valence-electron chi connectivity index (χ3n) is 7.99. The van der Waals surface area contributed by atoms with Gasteiger partial charge in [-0.3, -0.25) is 4.79 Å². The monoisotopic (exact) mass is 532 g/mol. The highest BCUT2D eigenvalue weighted by Gasteiger charge is 2.37. The highest BCUT2D eigenvalue weighted by Crippen LogP contribution is 2.38. The molecule has 1 N–H and O–H groups in total. The molecule has 1 saturated heterocycles. The molecule has 2 heterocycles. The molecule has 0 atom stereocenters. The number of carbonyl (C=O) groups is 2. The lowest BCUT2D eigenvalue weighted by Gasteiger charge is -2.43. The number of hydrogen-bond acceptors (Lipinski definition) is 3. The largest absolute Gasteiger partial charge is 0.465 e. The molecule has 7 nitrogen and oxygen atoms in total. The fraction of sp³-hybridized carbons (Fsp3) is 0.690. The van der Waals surface area contributed by atoms with Gasteiger partial charge in [0.15, 0.2) is 0 Å². The molecule has 38 heavy (non-hydrogen) atoms. The van der Waals surface area contributed by atoms with E-state index >= 15 is 0 Å². The molecular formula is C29H42F2N4O3. The van der Waals surface area contributed by atoms with Crippen molar-refractivity contribution in [3.05, 3.63) is 29.6 Å². The number of halogens is 2. The molecule has 0 spiro atoms. The number of alkyl halides is 2. The van der Waals surface area contributed by atoms with E-state index in [1.807, 2.05) is 39.0 Å². The van der Waals surface area contributed by atoms with Crippen molar-refractivity contribution >= 4 is 23.0 Å². The first kappa shape index (κ1) is 28.3. The maximum atomic E-state index is 13.7. The van der Waals surface area contributed by atoms with Crippen LogP contribution >= 0.6 is 0 Å². The van der Waals surface area contributed by atoms with Crippen molar-refractivity contribution in [2.45, 2.75) is 110 Å². The molecule has 2 aliphatic rings. The van der Waals surface area contributed by atoms with Crippen molar-refractivity contribution in [3.8, 4) is 0 Å². The number of nitrogens with zero attached hydrogens (tertiary/aromatic N) is 4. The third-order valence-corrected chi connectivity index (χ3v) is 7.99. The van der Waals surface area contributed by atoms with Gasteiger partial charge >= 0.3 is 6.09 Å². The second kappa shape index (κ2) is 10.1. The normalized spacial score (nSPS) is 19.6. The second-order valence-corrected chi connectivity index (χ2v) is 13.1. The van der Waals surface area contributed by atoms with Crippen LogP contribution in [0.1, 0.15) is 96.2 Å². The van der Waals surface area contributed by atoms with Crippen LogP contribution in [-0.4, -0.2) is 67.1 Å². The number of rotatable bonds is 4. The average molecular weight is 533 g/mol. The van der Waals surface area contributed by atoms with Crippen LogP contribution < -0.4 is 0 Å². The van der Waals surface area contributed by atoms with Gasteiger partial charge in [-0.25, -0.2) is 18.6 Å². The minimum atomic E-state index is -2.55. The molecule has 2 amide bonds. The standard InChI is InChI=1S/C29H42F2N4O3/c1-27(2,3)25-32-22-17-20(7-8-23(22)34(25)18-19-9-13-29(30,31)14-10-19)24(36)33-15-11-21(12-16-33)35(26(37)38)28(4,5)6/h7-8,17,19,21H,9-16,18H2,1-6H3,(H,37,38). The summed E-state index contributed by atoms with van der Waals surface area (Å²) in [5.41, 5.74) is 1.47. The van der Waals surface area contributed by atoms with Gasteiger partial charge in [-0.1, -0.05) is 20.8 Å². The van der Waals surface area contributed by atoms with Gasteiger partial charge in [0.25, 0.3) is 5.91 Å². The lowest BCUT2D eigenvalue weighted by Crippen LogP contribution is -2.55. The Morgan fingerprint density at radius 1 is 1.05 bits per heavy atom. The van der Waals surface area contributed by atoms with Gasteiger partial charge in [0.1, 0.15) is 5.82 Å². The third kappa shape index (κ3) is 5.96. The van der Waals surface area contributed by atoms with Gasteiger partial charge in [0, 0.05) is 55.0 Å². The summed E-state index contributed by atoms with van der Waals surface area (Å²) >= 11 is 0. The first-order chi connectivity index (χ1) is 17.6. The molecular weight excluding hydrogens is 490 g/mol. The van der Waals surface area contributed by atoms with Crippen molar-refractivity contribution in [2.75, 3.05) is 13.1 Å². The number of imidazole rings is 1. The summed E-state index contributed by atoms with van der Waals surface area (Å²) < 4.78 is 29.6. The maximum Gasteiger partial charge on any atom is 0.407 e. The van der Waals surface area contributed by atoms with Crippen LogP contribution in [0.25, 0.3) is 11.0 Å². The molecule has 9 heteroatoms. The highest BCUT2D eigenvalue weighted by molar-refractivity contribution is 5.97. The molecule has 0 bridgehead atoms. The van der Waals surface area contributed by atoms with E-state index in [4.69, 9.17) is 4.98 Å². The summed E-state index contributed by atoms with van der Waals surface area (Å²) in [7, 11) is 0. The Kier molecular flexibility index (Phi) is 7.53. The SMILES string of the molecule is CC(C)(C)c1nc2cc(C(=O)N3CCC(N(C(=O)O)C(C)(C)C)CC3)ccc2n1CC1CCC(F)(F)CC1. The summed E-state index contributed by atoms with van der Waals surface area (Å²) in [6.45, 7) is 13.6. The van der Waals surface area contributed by atoms with E-state index in [1.54, 1.807) is 4.90 Å². The van der Waals surface area contributed by atoms with E-state index in [2.05, 4.69) is 25.3 Å². The van der Waals surface area contributed by atoms with E-state index in [1.165, 1.54) is 4.90 Å². The first-order valence-electron chi connectivity index (χ1n) is 13.8. The van der Waals surface area contributed by atoms with E-state index in [9.17, 15) is 23.5 Å². The van der Waals surface area contributed by atoms with Crippen molar-refractivity contribution in [3.63, 3.8) is 0 Å². The Morgan fingerprint density at radius 2 is 1.66 bits per heavy atom. The number of amides is 2. The van der Waals surface area contributed by atoms with Crippen molar-refractivity contribution < 1.29 is 23.5 Å². The fourth-order valence-electron chi connectivity index (χ4n) is 6.06. The highest BCUT2D eigenvalue weighted by atomic mass is 19.3. The van der Waals surface area contributed by atoms with E-state index in [0.717, 1.165) is 16.9 Å². The molecule has 0 unspecified atom stereocenters. The van der Waals surface area contributed by atoms with Crippen molar-refractivity contribution in [1.29, 1.82) is 0 Å². The van der Waals surface area contributed by atoms with Crippen LogP contribution in [0.5, 0.6) is 0 Å². The number of benzene rings is 1. The number of fused-ring (bicyclic) bond motifs is 1. The Labute approximate surface area is 224 Å². The summed E-state index contributed by atoms with van der Waals surface area (Å²) in [4.78, 5) is 33.5. The van der Waals surface area contributed by atoms with E-state index in [0.29, 0.717) is 50.9 Å². The number of hydrogen-bond donors (Lipinski definition) is 1. The summed E-state index contributed by atoms with van der Waals surface area (Å²) in [6, 6.07) is 5.47. The lowest BCUT2D eigenvalue weighted by molar-refractivity contribution is -0.0473. The van der Waals surface area contributed by atoms with E-state index in [-0.39, 0.29) is 36.1 Å². The zero-order valence-corrected chi connectivity index (χ0v) is 23.6. The Hall–Kier alpha value is -2.71. The number of carboxylic acid groups (broad SMARTS) is 1. The van der Waals surface area contributed by atoms with Gasteiger partial charge in [-0.15, -0.1) is 0 Å². The summed E-state index contributed by atoms with van der Waals surface area (Å²) in [5, 5.41) is 9.73. The van der Waals surface area contributed by atoms with Crippen LogP contribution in [0.3, 0.4) is 0 Å². The van der Waals surface area contributed by atoms with Gasteiger partial charge in [-0.05, 0) is 70.6 Å². The predicted octanol–water partition coefficient (Wildman–Crippen LogP) is 6.54. The van der Waals surface area contributed by atoms with Crippen molar-refractivity contribution in [1.82, 2.24) is 19.4 Å². The average Bonchev–Trinajstić information content (AvgIpc) is 3.17. The van der Waals surface area contributed by atoms with Crippen LogP contribution in [-0.2, 0) is 12.0 Å². The minimum Gasteiger partial charge on any atom is -0.465 e.